The first-order chi connectivity index (χ1) is 16.0. The van der Waals surface area contributed by atoms with Crippen molar-refractivity contribution in [3.63, 3.8) is 0 Å². The lowest BCUT2D eigenvalue weighted by Gasteiger charge is -2.17. The van der Waals surface area contributed by atoms with Crippen LogP contribution in [0.15, 0.2) is 54.2 Å². The summed E-state index contributed by atoms with van der Waals surface area (Å²) in [7, 11) is 1.67. The van der Waals surface area contributed by atoms with Gasteiger partial charge in [-0.15, -0.1) is 11.3 Å². The summed E-state index contributed by atoms with van der Waals surface area (Å²) in [6.07, 6.45) is 8.27. The molecule has 33 heavy (non-hydrogen) atoms. The van der Waals surface area contributed by atoms with Crippen molar-refractivity contribution in [1.82, 2.24) is 4.90 Å². The largest absolute Gasteiger partial charge is 0.497 e. The zero-order valence-electron chi connectivity index (χ0n) is 19.3. The molecule has 2 aromatic carbocycles. The average Bonchev–Trinajstić information content (AvgIpc) is 3.47. The molecule has 0 bridgehead atoms. The van der Waals surface area contributed by atoms with Gasteiger partial charge in [-0.3, -0.25) is 9.69 Å². The van der Waals surface area contributed by atoms with E-state index in [0.717, 1.165) is 56.9 Å². The van der Waals surface area contributed by atoms with Gasteiger partial charge < -0.3 is 10.5 Å². The number of ketones is 1. The molecule has 0 spiro atoms. The predicted molar refractivity (Wildman–Crippen MR) is 137 cm³/mol. The van der Waals surface area contributed by atoms with E-state index in [1.165, 1.54) is 42.6 Å². The van der Waals surface area contributed by atoms with Crippen LogP contribution in [0.4, 0.5) is 0 Å². The zero-order chi connectivity index (χ0) is 22.9. The van der Waals surface area contributed by atoms with Crippen LogP contribution in [0, 0.1) is 6.92 Å². The van der Waals surface area contributed by atoms with Crippen LogP contribution in [0.2, 0.25) is 0 Å². The molecule has 0 amide bonds. The van der Waals surface area contributed by atoms with Crippen LogP contribution in [-0.4, -0.2) is 30.9 Å². The van der Waals surface area contributed by atoms with E-state index < -0.39 is 0 Å². The maximum absolute atomic E-state index is 13.9. The van der Waals surface area contributed by atoms with E-state index in [1.54, 1.807) is 18.4 Å². The van der Waals surface area contributed by atoms with Crippen LogP contribution in [0.5, 0.6) is 5.75 Å². The Kier molecular flexibility index (Phi) is 6.09. The minimum atomic E-state index is 0.0839. The third-order valence-corrected chi connectivity index (χ3v) is 8.02. The number of hydrogen-bond donors (Lipinski definition) is 1. The van der Waals surface area contributed by atoms with E-state index in [4.69, 9.17) is 10.5 Å². The maximum atomic E-state index is 13.9. The molecule has 2 aliphatic rings. The van der Waals surface area contributed by atoms with E-state index in [0.29, 0.717) is 0 Å². The highest BCUT2D eigenvalue weighted by Crippen LogP contribution is 2.41. The van der Waals surface area contributed by atoms with E-state index in [-0.39, 0.29) is 5.78 Å². The van der Waals surface area contributed by atoms with Gasteiger partial charge in [0, 0.05) is 38.3 Å². The molecule has 0 radical (unpaired) electrons. The van der Waals surface area contributed by atoms with E-state index >= 15 is 0 Å². The summed E-state index contributed by atoms with van der Waals surface area (Å²) in [5.74, 6) is 0.888. The number of methoxy groups -OCH3 is 1. The van der Waals surface area contributed by atoms with Crippen LogP contribution in [0.3, 0.4) is 0 Å². The predicted octanol–water partition coefficient (Wildman–Crippen LogP) is 6.06. The molecule has 1 aliphatic carbocycles. The maximum Gasteiger partial charge on any atom is 0.195 e. The fraction of sp³-hybridized carbons (Fsp3) is 0.321. The van der Waals surface area contributed by atoms with Gasteiger partial charge in [-0.05, 0) is 92.7 Å². The SMILES string of the molecule is COc1ccc2c(C(=O)c3ccc(CN4CCCC4)c(C)c3)c(C3=CC=C(N)CC3)sc2c1. The third kappa shape index (κ3) is 4.35. The first-order valence-corrected chi connectivity index (χ1v) is 12.5. The Morgan fingerprint density at radius 1 is 1.09 bits per heavy atom. The van der Waals surface area contributed by atoms with Gasteiger partial charge in [0.05, 0.1) is 7.11 Å². The van der Waals surface area contributed by atoms with Crippen molar-refractivity contribution in [2.45, 2.75) is 39.2 Å². The lowest BCUT2D eigenvalue weighted by atomic mass is 9.92. The minimum Gasteiger partial charge on any atom is -0.497 e. The lowest BCUT2D eigenvalue weighted by molar-refractivity contribution is 0.104. The highest BCUT2D eigenvalue weighted by atomic mass is 32.1. The molecule has 0 unspecified atom stereocenters. The smallest absolute Gasteiger partial charge is 0.195 e. The van der Waals surface area contributed by atoms with Crippen LogP contribution in [0.25, 0.3) is 15.7 Å². The summed E-state index contributed by atoms with van der Waals surface area (Å²) in [4.78, 5) is 17.5. The van der Waals surface area contributed by atoms with Gasteiger partial charge in [-0.2, -0.15) is 0 Å². The number of carbonyl (C=O) groups excluding carboxylic acids is 1. The monoisotopic (exact) mass is 458 g/mol. The Balaban J connectivity index is 1.56. The number of thiophene rings is 1. The van der Waals surface area contributed by atoms with Crippen molar-refractivity contribution in [2.24, 2.45) is 5.73 Å². The molecular formula is C28H30N2O2S. The van der Waals surface area contributed by atoms with Gasteiger partial charge in [0.2, 0.25) is 0 Å². The van der Waals surface area contributed by atoms with Crippen LogP contribution >= 0.6 is 11.3 Å². The molecular weight excluding hydrogens is 428 g/mol. The first kappa shape index (κ1) is 21.9. The summed E-state index contributed by atoms with van der Waals surface area (Å²) in [6.45, 7) is 5.42. The Morgan fingerprint density at radius 3 is 2.61 bits per heavy atom. The summed E-state index contributed by atoms with van der Waals surface area (Å²) in [5.41, 5.74) is 12.1. The lowest BCUT2D eigenvalue weighted by Crippen LogP contribution is -2.19. The van der Waals surface area contributed by atoms with Crippen LogP contribution < -0.4 is 10.5 Å². The summed E-state index contributed by atoms with van der Waals surface area (Å²) >= 11 is 1.67. The number of carbonyl (C=O) groups is 1. The quantitative estimate of drug-likeness (QED) is 0.456. The Morgan fingerprint density at radius 2 is 1.91 bits per heavy atom. The molecule has 1 aliphatic heterocycles. The van der Waals surface area contributed by atoms with Gasteiger partial charge >= 0.3 is 0 Å². The zero-order valence-corrected chi connectivity index (χ0v) is 20.1. The number of benzene rings is 2. The molecule has 3 aromatic rings. The molecule has 1 fully saturated rings. The number of nitrogens with zero attached hydrogens (tertiary/aromatic N) is 1. The molecule has 2 heterocycles. The molecule has 0 saturated carbocycles. The first-order valence-electron chi connectivity index (χ1n) is 11.7. The van der Waals surface area contributed by atoms with Crippen molar-refractivity contribution in [3.05, 3.63) is 81.4 Å². The fourth-order valence-electron chi connectivity index (χ4n) is 4.84. The molecule has 1 saturated heterocycles. The summed E-state index contributed by atoms with van der Waals surface area (Å²) in [5, 5.41) is 0.989. The number of hydrogen-bond acceptors (Lipinski definition) is 5. The van der Waals surface area contributed by atoms with Crippen LogP contribution in [0.1, 0.15) is 57.6 Å². The van der Waals surface area contributed by atoms with Gasteiger partial charge in [-0.25, -0.2) is 0 Å². The summed E-state index contributed by atoms with van der Waals surface area (Å²) < 4.78 is 6.50. The average molecular weight is 459 g/mol. The van der Waals surface area contributed by atoms with Crippen molar-refractivity contribution >= 4 is 32.8 Å². The highest BCUT2D eigenvalue weighted by molar-refractivity contribution is 7.20. The Labute approximate surface area is 199 Å². The topological polar surface area (TPSA) is 55.6 Å². The van der Waals surface area contributed by atoms with Crippen molar-refractivity contribution in [2.75, 3.05) is 20.2 Å². The van der Waals surface area contributed by atoms with Gasteiger partial charge in [0.1, 0.15) is 5.75 Å². The molecule has 5 heteroatoms. The molecule has 2 N–H and O–H groups in total. The standard InChI is InChI=1S/C28H30N2O2S/c1-18-15-20(5-6-21(18)17-30-13-3-4-14-30)27(31)26-24-12-11-23(32-2)16-25(24)33-28(26)19-7-9-22(29)10-8-19/h5-7,9,11-12,15-16H,3-4,8,10,13-14,17,29H2,1-2H3. The third-order valence-electron chi connectivity index (χ3n) is 6.79. The van der Waals surface area contributed by atoms with Gasteiger partial charge in [0.25, 0.3) is 0 Å². The van der Waals surface area contributed by atoms with E-state index in [9.17, 15) is 4.79 Å². The molecule has 1 aromatic heterocycles. The van der Waals surface area contributed by atoms with E-state index in [2.05, 4.69) is 30.0 Å². The fourth-order valence-corrected chi connectivity index (χ4v) is 6.12. The second-order valence-corrected chi connectivity index (χ2v) is 10.1. The Bertz CT molecular complexity index is 1280. The molecule has 5 rings (SSSR count). The molecule has 4 nitrogen and oxygen atoms in total. The Hall–Kier alpha value is -2.89. The minimum absolute atomic E-state index is 0.0839. The van der Waals surface area contributed by atoms with Crippen molar-refractivity contribution < 1.29 is 9.53 Å². The number of ether oxygens (including phenoxy) is 1. The van der Waals surface area contributed by atoms with Crippen molar-refractivity contribution in [1.29, 1.82) is 0 Å². The number of nitrogens with two attached hydrogens (primary N) is 1. The molecule has 170 valence electrons. The number of likely N-dealkylation sites (tertiary alicyclic amines) is 1. The highest BCUT2D eigenvalue weighted by Gasteiger charge is 2.24. The number of aryl methyl sites for hydroxylation is 1. The van der Waals surface area contributed by atoms with E-state index in [1.807, 2.05) is 30.3 Å². The molecule has 0 atom stereocenters. The number of allylic oxidation sites excluding steroid dienone is 4. The van der Waals surface area contributed by atoms with Gasteiger partial charge in [0.15, 0.2) is 5.78 Å². The van der Waals surface area contributed by atoms with Crippen molar-refractivity contribution in [3.8, 4) is 5.75 Å². The summed E-state index contributed by atoms with van der Waals surface area (Å²) in [6, 6.07) is 12.2. The van der Waals surface area contributed by atoms with Gasteiger partial charge in [-0.1, -0.05) is 18.2 Å². The second-order valence-electron chi connectivity index (χ2n) is 9.06. The number of rotatable bonds is 6. The number of fused-ring (bicyclic) bond motifs is 1. The normalized spacial score (nSPS) is 16.7. The van der Waals surface area contributed by atoms with Crippen LogP contribution in [-0.2, 0) is 6.54 Å². The second kappa shape index (κ2) is 9.16.